The molecule has 0 bridgehead atoms. The summed E-state index contributed by atoms with van der Waals surface area (Å²) >= 11 is 0. The number of methoxy groups -OCH3 is 1. The van der Waals surface area contributed by atoms with Crippen LogP contribution in [0.2, 0.25) is 0 Å². The fourth-order valence-electron chi connectivity index (χ4n) is 3.53. The third kappa shape index (κ3) is 4.31. The average molecular weight is 436 g/mol. The van der Waals surface area contributed by atoms with E-state index in [4.69, 9.17) is 9.47 Å². The molecular formula is C20H23F3N6O2. The molecule has 8 nitrogen and oxygen atoms in total. The largest absolute Gasteiger partial charge is 0.494 e. The highest BCUT2D eigenvalue weighted by Crippen LogP contribution is 2.38. The summed E-state index contributed by atoms with van der Waals surface area (Å²) in [6.45, 7) is 5.10. The summed E-state index contributed by atoms with van der Waals surface area (Å²) in [6.07, 6.45) is -3.61. The van der Waals surface area contributed by atoms with Crippen LogP contribution < -0.4 is 20.3 Å². The van der Waals surface area contributed by atoms with Gasteiger partial charge in [-0.2, -0.15) is 23.1 Å². The number of morpholine rings is 1. The second-order valence-corrected chi connectivity index (χ2v) is 6.96. The lowest BCUT2D eigenvalue weighted by atomic mass is 10.2. The first-order valence-corrected chi connectivity index (χ1v) is 9.88. The van der Waals surface area contributed by atoms with Crippen molar-refractivity contribution in [2.75, 3.05) is 55.5 Å². The van der Waals surface area contributed by atoms with Crippen molar-refractivity contribution in [2.45, 2.75) is 13.1 Å². The Balaban J connectivity index is 1.68. The topological polar surface area (TPSA) is 87.3 Å². The van der Waals surface area contributed by atoms with Crippen LogP contribution in [0.15, 0.2) is 24.4 Å². The predicted molar refractivity (Wildman–Crippen MR) is 112 cm³/mol. The minimum absolute atomic E-state index is 0.0877. The van der Waals surface area contributed by atoms with Crippen LogP contribution in [-0.2, 0) is 10.9 Å². The summed E-state index contributed by atoms with van der Waals surface area (Å²) in [7, 11) is 1.55. The van der Waals surface area contributed by atoms with Crippen molar-refractivity contribution < 1.29 is 22.6 Å². The Kier molecular flexibility index (Phi) is 5.77. The number of H-pyrrole nitrogens is 1. The average Bonchev–Trinajstić information content (AvgIpc) is 3.20. The highest BCUT2D eigenvalue weighted by molar-refractivity contribution is 5.92. The number of ether oxygens (including phenoxy) is 2. The fourth-order valence-corrected chi connectivity index (χ4v) is 3.53. The summed E-state index contributed by atoms with van der Waals surface area (Å²) in [5.41, 5.74) is 0.876. The van der Waals surface area contributed by atoms with Crippen LogP contribution in [0, 0.1) is 0 Å². The molecule has 3 heterocycles. The highest BCUT2D eigenvalue weighted by Gasteiger charge is 2.35. The first-order valence-electron chi connectivity index (χ1n) is 9.88. The lowest BCUT2D eigenvalue weighted by Crippen LogP contribution is -2.36. The zero-order valence-corrected chi connectivity index (χ0v) is 17.1. The fraction of sp³-hybridized carbons (Fsp3) is 0.400. The summed E-state index contributed by atoms with van der Waals surface area (Å²) in [6, 6.07) is 5.67. The third-order valence-corrected chi connectivity index (χ3v) is 4.99. The number of nitrogens with one attached hydrogen (secondary N) is 3. The summed E-state index contributed by atoms with van der Waals surface area (Å²) in [5.74, 6) is 0.823. The van der Waals surface area contributed by atoms with Gasteiger partial charge in [-0.3, -0.25) is 0 Å². The predicted octanol–water partition coefficient (Wildman–Crippen LogP) is 4.00. The molecule has 0 unspecified atom stereocenters. The van der Waals surface area contributed by atoms with Gasteiger partial charge < -0.3 is 30.0 Å². The molecule has 1 fully saturated rings. The normalized spacial score (nSPS) is 14.7. The van der Waals surface area contributed by atoms with Crippen molar-refractivity contribution in [3.63, 3.8) is 0 Å². The van der Waals surface area contributed by atoms with E-state index in [0.717, 1.165) is 25.0 Å². The molecule has 0 atom stereocenters. The minimum atomic E-state index is -4.51. The monoisotopic (exact) mass is 436 g/mol. The van der Waals surface area contributed by atoms with Crippen LogP contribution in [0.1, 0.15) is 12.5 Å². The van der Waals surface area contributed by atoms with Gasteiger partial charge in [0.2, 0.25) is 5.95 Å². The molecule has 0 aliphatic carbocycles. The van der Waals surface area contributed by atoms with Gasteiger partial charge in [-0.15, -0.1) is 0 Å². The van der Waals surface area contributed by atoms with E-state index in [2.05, 4.69) is 30.5 Å². The third-order valence-electron chi connectivity index (χ3n) is 4.99. The Morgan fingerprint density at radius 2 is 2.00 bits per heavy atom. The Bertz CT molecular complexity index is 1060. The van der Waals surface area contributed by atoms with Crippen LogP contribution in [0.5, 0.6) is 5.75 Å². The molecule has 0 amide bonds. The molecule has 1 aromatic carbocycles. The summed E-state index contributed by atoms with van der Waals surface area (Å²) in [5, 5.41) is 5.87. The SMILES string of the molecule is CCNc1nc(Nc2ccc(N3CCOCC3)cc2OC)nc2[nH]cc(C(F)(F)F)c12. The van der Waals surface area contributed by atoms with E-state index in [0.29, 0.717) is 31.2 Å². The molecule has 0 radical (unpaired) electrons. The van der Waals surface area contributed by atoms with Crippen molar-refractivity contribution in [1.29, 1.82) is 0 Å². The van der Waals surface area contributed by atoms with Crippen molar-refractivity contribution >= 4 is 34.2 Å². The van der Waals surface area contributed by atoms with Crippen LogP contribution >= 0.6 is 0 Å². The second kappa shape index (κ2) is 8.50. The van der Waals surface area contributed by atoms with Crippen LogP contribution in [-0.4, -0.2) is 54.9 Å². The van der Waals surface area contributed by atoms with Gasteiger partial charge in [0.05, 0.1) is 37.0 Å². The zero-order valence-electron chi connectivity index (χ0n) is 17.1. The number of hydrogen-bond donors (Lipinski definition) is 3. The molecule has 1 saturated heterocycles. The Labute approximate surface area is 176 Å². The Hall–Kier alpha value is -3.21. The number of anilines is 4. The number of aromatic nitrogens is 3. The number of fused-ring (bicyclic) bond motifs is 1. The van der Waals surface area contributed by atoms with E-state index in [1.807, 2.05) is 18.2 Å². The Morgan fingerprint density at radius 1 is 1.23 bits per heavy atom. The summed E-state index contributed by atoms with van der Waals surface area (Å²) < 4.78 is 51.0. The number of hydrogen-bond acceptors (Lipinski definition) is 7. The molecule has 2 aromatic heterocycles. The maximum absolute atomic E-state index is 13.4. The first-order chi connectivity index (χ1) is 14.9. The van der Waals surface area contributed by atoms with Gasteiger partial charge in [0, 0.05) is 37.6 Å². The van der Waals surface area contributed by atoms with Crippen molar-refractivity contribution in [1.82, 2.24) is 15.0 Å². The van der Waals surface area contributed by atoms with Gasteiger partial charge in [-0.25, -0.2) is 0 Å². The maximum atomic E-state index is 13.4. The van der Waals surface area contributed by atoms with Crippen LogP contribution in [0.25, 0.3) is 11.0 Å². The molecule has 166 valence electrons. The molecule has 0 saturated carbocycles. The van der Waals surface area contributed by atoms with E-state index in [-0.39, 0.29) is 22.8 Å². The molecule has 11 heteroatoms. The molecule has 3 N–H and O–H groups in total. The van der Waals surface area contributed by atoms with E-state index in [9.17, 15) is 13.2 Å². The van der Waals surface area contributed by atoms with E-state index in [1.54, 1.807) is 14.0 Å². The van der Waals surface area contributed by atoms with Gasteiger partial charge in [0.25, 0.3) is 0 Å². The lowest BCUT2D eigenvalue weighted by Gasteiger charge is -2.29. The number of nitrogens with zero attached hydrogens (tertiary/aromatic N) is 3. The van der Waals surface area contributed by atoms with Gasteiger partial charge in [-0.1, -0.05) is 0 Å². The quantitative estimate of drug-likeness (QED) is 0.538. The van der Waals surface area contributed by atoms with Gasteiger partial charge in [0.1, 0.15) is 17.2 Å². The van der Waals surface area contributed by atoms with Crippen LogP contribution in [0.4, 0.5) is 36.3 Å². The van der Waals surface area contributed by atoms with Crippen LogP contribution in [0.3, 0.4) is 0 Å². The van der Waals surface area contributed by atoms with Gasteiger partial charge in [-0.05, 0) is 19.1 Å². The second-order valence-electron chi connectivity index (χ2n) is 6.96. The minimum Gasteiger partial charge on any atom is -0.494 e. The van der Waals surface area contributed by atoms with Crippen molar-refractivity contribution in [3.8, 4) is 5.75 Å². The number of rotatable bonds is 6. The van der Waals surface area contributed by atoms with Gasteiger partial charge in [0.15, 0.2) is 0 Å². The molecule has 4 rings (SSSR count). The van der Waals surface area contributed by atoms with E-state index in [1.165, 1.54) is 0 Å². The smallest absolute Gasteiger partial charge is 0.418 e. The number of halogens is 3. The van der Waals surface area contributed by atoms with Crippen molar-refractivity contribution in [2.24, 2.45) is 0 Å². The van der Waals surface area contributed by atoms with E-state index >= 15 is 0 Å². The molecule has 0 spiro atoms. The molecule has 3 aromatic rings. The van der Waals surface area contributed by atoms with Crippen molar-refractivity contribution in [3.05, 3.63) is 30.0 Å². The zero-order chi connectivity index (χ0) is 22.0. The number of alkyl halides is 3. The molecule has 31 heavy (non-hydrogen) atoms. The number of benzene rings is 1. The standard InChI is InChI=1S/C20H23F3N6O2/c1-3-24-17-16-13(20(21,22)23)11-25-18(16)28-19(27-17)26-14-5-4-12(10-15(14)30-2)29-6-8-31-9-7-29/h4-5,10-11H,3,6-9H2,1-2H3,(H3,24,25,26,27,28). The maximum Gasteiger partial charge on any atom is 0.418 e. The lowest BCUT2D eigenvalue weighted by molar-refractivity contribution is -0.136. The molecular weight excluding hydrogens is 413 g/mol. The first kappa shape index (κ1) is 21.0. The highest BCUT2D eigenvalue weighted by atomic mass is 19.4. The van der Waals surface area contributed by atoms with Gasteiger partial charge >= 0.3 is 6.18 Å². The van der Waals surface area contributed by atoms with E-state index < -0.39 is 11.7 Å². The molecule has 1 aliphatic heterocycles. The number of aromatic amines is 1. The Morgan fingerprint density at radius 3 is 2.68 bits per heavy atom. The summed E-state index contributed by atoms with van der Waals surface area (Å²) in [4.78, 5) is 13.3. The molecule has 1 aliphatic rings.